The first kappa shape index (κ1) is 14.8. The van der Waals surface area contributed by atoms with Crippen molar-refractivity contribution in [3.63, 3.8) is 0 Å². The van der Waals surface area contributed by atoms with Crippen molar-refractivity contribution in [2.45, 2.75) is 26.4 Å². The normalized spacial score (nSPS) is 11.1. The Bertz CT molecular complexity index is 407. The fraction of sp³-hybridized carbons (Fsp3) is 0.455. The number of nitrogens with one attached hydrogen (secondary N) is 1. The Morgan fingerprint density at radius 2 is 2.28 bits per heavy atom. The first-order chi connectivity index (χ1) is 8.38. The van der Waals surface area contributed by atoms with Crippen LogP contribution in [-0.2, 0) is 4.74 Å². The Morgan fingerprint density at radius 1 is 1.56 bits per heavy atom. The molecule has 0 radical (unpaired) electrons. The van der Waals surface area contributed by atoms with E-state index in [1.54, 1.807) is 12.3 Å². The second kappa shape index (κ2) is 6.62. The van der Waals surface area contributed by atoms with Crippen molar-refractivity contribution < 1.29 is 34.2 Å². The van der Waals surface area contributed by atoms with Gasteiger partial charge in [-0.25, -0.2) is 0 Å². The molecule has 3 N–H and O–H groups in total. The van der Waals surface area contributed by atoms with Gasteiger partial charge in [0, 0.05) is 0 Å². The number of carbonyl (C=O) groups is 1. The third kappa shape index (κ3) is 5.89. The topological polar surface area (TPSA) is 86.5 Å². The molecule has 0 aromatic carbocycles. The fourth-order valence-corrected chi connectivity index (χ4v) is 2.31. The number of nitrogen functional groups attached to an aromatic ring is 1. The molecule has 1 aromatic rings. The van der Waals surface area contributed by atoms with Gasteiger partial charge in [-0.1, -0.05) is 0 Å². The number of aromatic nitrogens is 1. The summed E-state index contributed by atoms with van der Waals surface area (Å²) in [6.07, 6.45) is 2.70. The number of hydrogen-bond acceptors (Lipinski definition) is 5. The Morgan fingerprint density at radius 3 is 2.89 bits per heavy atom. The summed E-state index contributed by atoms with van der Waals surface area (Å²) in [6.45, 7) is 5.45. The van der Waals surface area contributed by atoms with Crippen molar-refractivity contribution in [2.24, 2.45) is 0 Å². The zero-order valence-corrected chi connectivity index (χ0v) is 12.7. The van der Waals surface area contributed by atoms with Crippen molar-refractivity contribution in [2.75, 3.05) is 10.3 Å². The van der Waals surface area contributed by atoms with E-state index in [4.69, 9.17) is 13.5 Å². The number of alkyl carbamates (subject to hydrolysis) is 1. The molecule has 0 bridgehead atoms. The molecule has 1 rings (SSSR count). The first-order valence-corrected chi connectivity index (χ1v) is 7.71. The van der Waals surface area contributed by atoms with Gasteiger partial charge in [-0.05, 0) is 0 Å². The van der Waals surface area contributed by atoms with Crippen LogP contribution in [0.2, 0.25) is 0 Å². The summed E-state index contributed by atoms with van der Waals surface area (Å²) >= 11 is -0.667. The Balaban J connectivity index is 2.23. The molecule has 0 saturated carbocycles. The quantitative estimate of drug-likeness (QED) is 0.294. The number of ether oxygens (including phenoxy) is 1. The number of halogens is 1. The van der Waals surface area contributed by atoms with E-state index >= 15 is 0 Å². The van der Waals surface area contributed by atoms with E-state index in [0.717, 1.165) is 0 Å². The predicted molar refractivity (Wildman–Crippen MR) is 63.5 cm³/mol. The molecule has 0 aliphatic carbocycles. The van der Waals surface area contributed by atoms with E-state index in [2.05, 4.69) is 10.3 Å². The van der Waals surface area contributed by atoms with Gasteiger partial charge in [0.15, 0.2) is 0 Å². The van der Waals surface area contributed by atoms with E-state index in [0.29, 0.717) is 16.0 Å². The molecular weight excluding hydrogens is 349 g/mol. The second-order valence-corrected chi connectivity index (χ2v) is 6.24. The maximum absolute atomic E-state index is 11.3. The molecule has 6 nitrogen and oxygen atoms in total. The van der Waals surface area contributed by atoms with Gasteiger partial charge in [-0.15, -0.1) is 0 Å². The maximum atomic E-state index is 11.3. The van der Waals surface area contributed by atoms with Gasteiger partial charge < -0.3 is 0 Å². The second-order valence-electron chi connectivity index (χ2n) is 4.41. The van der Waals surface area contributed by atoms with Crippen molar-refractivity contribution in [1.82, 2.24) is 10.3 Å². The number of anilines is 1. The summed E-state index contributed by atoms with van der Waals surface area (Å²) in [5.41, 5.74) is 5.67. The van der Waals surface area contributed by atoms with Crippen LogP contribution in [0.4, 0.5) is 10.5 Å². The molecule has 0 spiro atoms. The van der Waals surface area contributed by atoms with E-state index in [1.807, 2.05) is 20.8 Å². The third-order valence-corrected chi connectivity index (χ3v) is 3.09. The molecule has 0 aliphatic heterocycles. The van der Waals surface area contributed by atoms with Crippen LogP contribution in [0, 0.1) is 0 Å². The molecule has 18 heavy (non-hydrogen) atoms. The zero-order valence-electron chi connectivity index (χ0n) is 10.6. The van der Waals surface area contributed by atoms with Gasteiger partial charge in [0.05, 0.1) is 0 Å². The van der Waals surface area contributed by atoms with Crippen LogP contribution in [0.3, 0.4) is 0 Å². The van der Waals surface area contributed by atoms with Crippen molar-refractivity contribution in [3.8, 4) is 5.75 Å². The molecule has 1 heterocycles. The van der Waals surface area contributed by atoms with Crippen LogP contribution in [0.15, 0.2) is 18.5 Å². The predicted octanol–water partition coefficient (Wildman–Crippen LogP) is -1.47. The summed E-state index contributed by atoms with van der Waals surface area (Å²) in [5, 5.41) is 2.64. The molecule has 0 unspecified atom stereocenters. The number of amides is 1. The van der Waals surface area contributed by atoms with Gasteiger partial charge in [0.25, 0.3) is 0 Å². The van der Waals surface area contributed by atoms with Crippen molar-refractivity contribution in [1.29, 1.82) is 0 Å². The molecule has 7 heteroatoms. The molecule has 1 aromatic heterocycles. The SMILES string of the molecule is CC(C)(C)OC(=O)NC[I-]Oc1ccncc1N. The third-order valence-electron chi connectivity index (χ3n) is 1.61. The average molecular weight is 366 g/mol. The van der Waals surface area contributed by atoms with E-state index in [-0.39, 0.29) is 0 Å². The Kier molecular flexibility index (Phi) is 5.45. The first-order valence-electron chi connectivity index (χ1n) is 5.31. The summed E-state index contributed by atoms with van der Waals surface area (Å²) in [4.78, 5) is 15.2. The Hall–Kier alpha value is -1.25. The minimum atomic E-state index is -0.667. The summed E-state index contributed by atoms with van der Waals surface area (Å²) in [6, 6.07) is 1.70. The van der Waals surface area contributed by atoms with Gasteiger partial charge in [-0.2, -0.15) is 0 Å². The van der Waals surface area contributed by atoms with Crippen LogP contribution in [0.1, 0.15) is 20.8 Å². The van der Waals surface area contributed by atoms with E-state index in [9.17, 15) is 4.79 Å². The number of pyridine rings is 1. The molecule has 0 fully saturated rings. The van der Waals surface area contributed by atoms with Crippen LogP contribution in [0.5, 0.6) is 5.75 Å². The van der Waals surface area contributed by atoms with Gasteiger partial charge in [0.2, 0.25) is 0 Å². The number of nitrogens with two attached hydrogens (primary N) is 1. The van der Waals surface area contributed by atoms with Crippen LogP contribution < -0.4 is 35.7 Å². The van der Waals surface area contributed by atoms with Crippen molar-refractivity contribution in [3.05, 3.63) is 18.5 Å². The fourth-order valence-electron chi connectivity index (χ4n) is 0.946. The van der Waals surface area contributed by atoms with Crippen LogP contribution >= 0.6 is 0 Å². The molecule has 0 atom stereocenters. The molecule has 1 amide bonds. The molecule has 0 saturated heterocycles. The molecule has 102 valence electrons. The number of rotatable bonds is 4. The van der Waals surface area contributed by atoms with Gasteiger partial charge in [-0.3, -0.25) is 0 Å². The van der Waals surface area contributed by atoms with E-state index < -0.39 is 33.3 Å². The Labute approximate surface area is 117 Å². The average Bonchev–Trinajstić information content (AvgIpc) is 2.24. The number of carbonyl (C=O) groups excluding carboxylic acids is 1. The minimum absolute atomic E-state index is 0.437. The molecular formula is C11H17IN3O3-. The number of hydrogen-bond donors (Lipinski definition) is 2. The summed E-state index contributed by atoms with van der Waals surface area (Å²) in [5.74, 6) is 0.601. The number of nitrogens with zero attached hydrogens (tertiary/aromatic N) is 1. The monoisotopic (exact) mass is 366 g/mol. The number of alkyl halides is 1. The van der Waals surface area contributed by atoms with Crippen LogP contribution in [-0.4, -0.2) is 21.2 Å². The van der Waals surface area contributed by atoms with Crippen LogP contribution in [0.25, 0.3) is 0 Å². The van der Waals surface area contributed by atoms with Gasteiger partial charge >= 0.3 is 117 Å². The summed E-state index contributed by atoms with van der Waals surface area (Å²) < 4.78 is 11.0. The van der Waals surface area contributed by atoms with Crippen molar-refractivity contribution >= 4 is 11.8 Å². The van der Waals surface area contributed by atoms with E-state index in [1.165, 1.54) is 6.20 Å². The summed E-state index contributed by atoms with van der Waals surface area (Å²) in [7, 11) is 0. The van der Waals surface area contributed by atoms with Gasteiger partial charge in [0.1, 0.15) is 0 Å². The standard InChI is InChI=1S/C11H17IN3O3/c1-11(2,3)17-10(16)15-7-12-18-9-4-5-14-6-8(9)13/h4-6H,7,13H2,1-3H3,(H,15,16)/q-1. The zero-order chi connectivity index (χ0) is 13.6. The molecule has 0 aliphatic rings.